The first-order valence-electron chi connectivity index (χ1n) is 7.28. The van der Waals surface area contributed by atoms with Crippen molar-refractivity contribution in [2.45, 2.75) is 44.8 Å². The van der Waals surface area contributed by atoms with Gasteiger partial charge in [0, 0.05) is 45.4 Å². The molecule has 0 aromatic carbocycles. The first kappa shape index (κ1) is 14.8. The van der Waals surface area contributed by atoms with Crippen LogP contribution in [0.2, 0.25) is 0 Å². The molecule has 0 aromatic heterocycles. The molecule has 1 atom stereocenters. The van der Waals surface area contributed by atoms with Crippen molar-refractivity contribution in [3.05, 3.63) is 0 Å². The number of hydrogen-bond donors (Lipinski definition) is 1. The van der Waals surface area contributed by atoms with Gasteiger partial charge in [0.15, 0.2) is 0 Å². The van der Waals surface area contributed by atoms with E-state index in [9.17, 15) is 4.79 Å². The molecule has 2 fully saturated rings. The Morgan fingerprint density at radius 2 is 2.00 bits per heavy atom. The molecule has 0 saturated carbocycles. The number of rotatable bonds is 4. The van der Waals surface area contributed by atoms with E-state index in [1.807, 2.05) is 0 Å². The Hall–Kier alpha value is -0.650. The predicted molar refractivity (Wildman–Crippen MR) is 73.3 cm³/mol. The van der Waals surface area contributed by atoms with Crippen LogP contribution in [0.3, 0.4) is 0 Å². The second-order valence-corrected chi connectivity index (χ2v) is 6.28. The van der Waals surface area contributed by atoms with E-state index in [4.69, 9.17) is 9.84 Å². The Balaban J connectivity index is 1.75. The number of hydrogen-bond acceptors (Lipinski definition) is 4. The maximum absolute atomic E-state index is 10.6. The van der Waals surface area contributed by atoms with Gasteiger partial charge in [0.1, 0.15) is 0 Å². The lowest BCUT2D eigenvalue weighted by Gasteiger charge is -2.44. The van der Waals surface area contributed by atoms with Crippen LogP contribution in [-0.2, 0) is 9.53 Å². The Kier molecular flexibility index (Phi) is 4.81. The standard InChI is InChI=1S/C14H26N2O3/c1-14(2)11-12(4-10-19-14)16-8-6-15(7-9-16)5-3-13(17)18/h12H,3-11H2,1-2H3,(H,17,18). The van der Waals surface area contributed by atoms with Gasteiger partial charge in [-0.2, -0.15) is 0 Å². The van der Waals surface area contributed by atoms with Crippen LogP contribution in [0.15, 0.2) is 0 Å². The maximum atomic E-state index is 10.6. The SMILES string of the molecule is CC1(C)CC(N2CCN(CCC(=O)O)CC2)CCO1. The summed E-state index contributed by atoms with van der Waals surface area (Å²) in [7, 11) is 0. The summed E-state index contributed by atoms with van der Waals surface area (Å²) in [6, 6.07) is 0.630. The highest BCUT2D eigenvalue weighted by Gasteiger charge is 2.33. The molecule has 1 unspecified atom stereocenters. The van der Waals surface area contributed by atoms with Crippen LogP contribution in [0.5, 0.6) is 0 Å². The second kappa shape index (κ2) is 6.20. The number of aliphatic carboxylic acids is 1. The molecule has 5 heteroatoms. The molecule has 0 aliphatic carbocycles. The molecule has 2 aliphatic heterocycles. The molecule has 2 rings (SSSR count). The van der Waals surface area contributed by atoms with E-state index in [1.165, 1.54) is 0 Å². The molecule has 2 heterocycles. The molecule has 2 aliphatic rings. The summed E-state index contributed by atoms with van der Waals surface area (Å²) >= 11 is 0. The fourth-order valence-electron chi connectivity index (χ4n) is 3.12. The molecule has 0 radical (unpaired) electrons. The lowest BCUT2D eigenvalue weighted by Crippen LogP contribution is -2.54. The average molecular weight is 270 g/mol. The van der Waals surface area contributed by atoms with Gasteiger partial charge >= 0.3 is 5.97 Å². The molecule has 1 N–H and O–H groups in total. The second-order valence-electron chi connectivity index (χ2n) is 6.28. The maximum Gasteiger partial charge on any atom is 0.304 e. The van der Waals surface area contributed by atoms with Gasteiger partial charge in [-0.05, 0) is 26.7 Å². The monoisotopic (exact) mass is 270 g/mol. The van der Waals surface area contributed by atoms with Crippen LogP contribution in [0.25, 0.3) is 0 Å². The zero-order valence-electron chi connectivity index (χ0n) is 12.1. The summed E-state index contributed by atoms with van der Waals surface area (Å²) in [4.78, 5) is 15.4. The zero-order valence-corrected chi connectivity index (χ0v) is 12.1. The first-order chi connectivity index (χ1) is 8.96. The van der Waals surface area contributed by atoms with Crippen LogP contribution in [0.4, 0.5) is 0 Å². The number of ether oxygens (including phenoxy) is 1. The van der Waals surface area contributed by atoms with Crippen LogP contribution >= 0.6 is 0 Å². The quantitative estimate of drug-likeness (QED) is 0.827. The van der Waals surface area contributed by atoms with Crippen LogP contribution in [0, 0.1) is 0 Å². The van der Waals surface area contributed by atoms with Crippen LogP contribution in [-0.4, -0.2) is 71.8 Å². The van der Waals surface area contributed by atoms with Crippen LogP contribution < -0.4 is 0 Å². The van der Waals surface area contributed by atoms with Gasteiger partial charge < -0.3 is 14.7 Å². The molecule has 0 amide bonds. The molecule has 5 nitrogen and oxygen atoms in total. The number of carboxylic acids is 1. The van der Waals surface area contributed by atoms with Crippen molar-refractivity contribution >= 4 is 5.97 Å². The van der Waals surface area contributed by atoms with Crippen molar-refractivity contribution in [2.24, 2.45) is 0 Å². The normalized spacial score (nSPS) is 29.3. The van der Waals surface area contributed by atoms with Crippen molar-refractivity contribution in [3.63, 3.8) is 0 Å². The zero-order chi connectivity index (χ0) is 13.9. The number of nitrogens with zero attached hydrogens (tertiary/aromatic N) is 2. The first-order valence-corrected chi connectivity index (χ1v) is 7.28. The molecular formula is C14H26N2O3. The Morgan fingerprint density at radius 3 is 2.58 bits per heavy atom. The minimum Gasteiger partial charge on any atom is -0.481 e. The van der Waals surface area contributed by atoms with E-state index in [0.717, 1.165) is 45.6 Å². The van der Waals surface area contributed by atoms with E-state index in [-0.39, 0.29) is 12.0 Å². The Morgan fingerprint density at radius 1 is 1.32 bits per heavy atom. The smallest absolute Gasteiger partial charge is 0.304 e. The third kappa shape index (κ3) is 4.44. The Labute approximate surface area is 115 Å². The lowest BCUT2D eigenvalue weighted by atomic mass is 9.92. The number of piperazine rings is 1. The summed E-state index contributed by atoms with van der Waals surface area (Å²) in [6.07, 6.45) is 2.48. The molecule has 2 saturated heterocycles. The van der Waals surface area contributed by atoms with Crippen molar-refractivity contribution in [3.8, 4) is 0 Å². The van der Waals surface area contributed by atoms with Gasteiger partial charge in [0.25, 0.3) is 0 Å². The van der Waals surface area contributed by atoms with Gasteiger partial charge in [-0.25, -0.2) is 0 Å². The summed E-state index contributed by atoms with van der Waals surface area (Å²) in [5.41, 5.74) is 0.00333. The predicted octanol–water partition coefficient (Wildman–Crippen LogP) is 1.04. The summed E-state index contributed by atoms with van der Waals surface area (Å²) in [5, 5.41) is 8.71. The lowest BCUT2D eigenvalue weighted by molar-refractivity contribution is -0.137. The van der Waals surface area contributed by atoms with Gasteiger partial charge in [-0.1, -0.05) is 0 Å². The highest BCUT2D eigenvalue weighted by Crippen LogP contribution is 2.27. The highest BCUT2D eigenvalue weighted by molar-refractivity contribution is 5.66. The van der Waals surface area contributed by atoms with Crippen molar-refractivity contribution in [1.29, 1.82) is 0 Å². The van der Waals surface area contributed by atoms with E-state index in [2.05, 4.69) is 23.6 Å². The molecule has 0 spiro atoms. The molecular weight excluding hydrogens is 244 g/mol. The summed E-state index contributed by atoms with van der Waals surface area (Å²) in [6.45, 7) is 9.97. The minimum atomic E-state index is -0.700. The van der Waals surface area contributed by atoms with E-state index < -0.39 is 5.97 Å². The third-order valence-electron chi connectivity index (χ3n) is 4.24. The van der Waals surface area contributed by atoms with Crippen LogP contribution in [0.1, 0.15) is 33.1 Å². The van der Waals surface area contributed by atoms with Gasteiger partial charge in [-0.3, -0.25) is 9.69 Å². The van der Waals surface area contributed by atoms with Gasteiger partial charge in [0.2, 0.25) is 0 Å². The minimum absolute atomic E-state index is 0.00333. The fourth-order valence-corrected chi connectivity index (χ4v) is 3.12. The van der Waals surface area contributed by atoms with Gasteiger partial charge in [-0.15, -0.1) is 0 Å². The number of carboxylic acid groups (broad SMARTS) is 1. The molecule has 110 valence electrons. The fraction of sp³-hybridized carbons (Fsp3) is 0.929. The summed E-state index contributed by atoms with van der Waals surface area (Å²) in [5.74, 6) is -0.700. The molecule has 0 bridgehead atoms. The molecule has 19 heavy (non-hydrogen) atoms. The third-order valence-corrected chi connectivity index (χ3v) is 4.24. The van der Waals surface area contributed by atoms with Crippen molar-refractivity contribution in [1.82, 2.24) is 9.80 Å². The summed E-state index contributed by atoms with van der Waals surface area (Å²) < 4.78 is 5.77. The van der Waals surface area contributed by atoms with E-state index in [0.29, 0.717) is 12.6 Å². The topological polar surface area (TPSA) is 53.0 Å². The highest BCUT2D eigenvalue weighted by atomic mass is 16.5. The van der Waals surface area contributed by atoms with E-state index in [1.54, 1.807) is 0 Å². The largest absolute Gasteiger partial charge is 0.481 e. The average Bonchev–Trinajstić information content (AvgIpc) is 2.36. The van der Waals surface area contributed by atoms with E-state index >= 15 is 0 Å². The number of carbonyl (C=O) groups is 1. The Bertz CT molecular complexity index is 312. The molecule has 0 aromatic rings. The van der Waals surface area contributed by atoms with Crippen molar-refractivity contribution < 1.29 is 14.6 Å². The van der Waals surface area contributed by atoms with Crippen molar-refractivity contribution in [2.75, 3.05) is 39.3 Å². The van der Waals surface area contributed by atoms with Gasteiger partial charge in [0.05, 0.1) is 12.0 Å².